The second-order valence-electron chi connectivity index (χ2n) is 8.69. The molecule has 2 aliphatic rings. The summed E-state index contributed by atoms with van der Waals surface area (Å²) in [5.41, 5.74) is -1.35. The largest absolute Gasteiger partial charge is 0.443 e. The number of rotatable bonds is 2. The molecular formula is C17H29NO5. The summed E-state index contributed by atoms with van der Waals surface area (Å²) < 4.78 is 10.7. The Kier molecular flexibility index (Phi) is 4.68. The second kappa shape index (κ2) is 5.96. The van der Waals surface area contributed by atoms with Gasteiger partial charge in [0.2, 0.25) is 0 Å². The minimum atomic E-state index is -0.674. The number of nitrogens with zero attached hydrogens (tertiary/aromatic N) is 1. The van der Waals surface area contributed by atoms with Crippen LogP contribution in [0.15, 0.2) is 0 Å². The highest BCUT2D eigenvalue weighted by Crippen LogP contribution is 2.57. The van der Waals surface area contributed by atoms with Crippen LogP contribution in [-0.4, -0.2) is 46.0 Å². The molecule has 0 aromatic rings. The highest BCUT2D eigenvalue weighted by molar-refractivity contribution is 5.88. The topological polar surface area (TPSA) is 76.1 Å². The molecule has 1 N–H and O–H groups in total. The minimum absolute atomic E-state index is 0.238. The number of aliphatic hydroxyl groups excluding tert-OH is 1. The molecule has 0 heterocycles. The van der Waals surface area contributed by atoms with E-state index in [0.29, 0.717) is 18.4 Å². The van der Waals surface area contributed by atoms with Crippen molar-refractivity contribution in [2.45, 2.75) is 71.7 Å². The fourth-order valence-corrected chi connectivity index (χ4v) is 3.29. The molecule has 2 fully saturated rings. The summed E-state index contributed by atoms with van der Waals surface area (Å²) in [6, 6.07) is 0. The number of hydrogen-bond donors (Lipinski definition) is 1. The third kappa shape index (κ3) is 4.83. The lowest BCUT2D eigenvalue weighted by Crippen LogP contribution is -2.45. The second-order valence-corrected chi connectivity index (χ2v) is 8.69. The summed E-state index contributed by atoms with van der Waals surface area (Å²) in [7, 11) is 0. The van der Waals surface area contributed by atoms with Crippen molar-refractivity contribution < 1.29 is 24.2 Å². The Morgan fingerprint density at radius 2 is 1.35 bits per heavy atom. The Hall–Kier alpha value is -1.30. The molecule has 4 atom stereocenters. The van der Waals surface area contributed by atoms with Crippen LogP contribution < -0.4 is 0 Å². The number of carbonyl (C=O) groups is 2. The van der Waals surface area contributed by atoms with E-state index in [-0.39, 0.29) is 12.0 Å². The van der Waals surface area contributed by atoms with Crippen LogP contribution in [-0.2, 0) is 9.47 Å². The van der Waals surface area contributed by atoms with Gasteiger partial charge in [0.25, 0.3) is 0 Å². The quantitative estimate of drug-likeness (QED) is 0.843. The monoisotopic (exact) mass is 327 g/mol. The van der Waals surface area contributed by atoms with E-state index in [9.17, 15) is 14.7 Å². The summed E-state index contributed by atoms with van der Waals surface area (Å²) in [6.07, 6.45) is -0.0650. The van der Waals surface area contributed by atoms with Crippen LogP contribution in [0.2, 0.25) is 0 Å². The lowest BCUT2D eigenvalue weighted by Gasteiger charge is -2.29. The van der Waals surface area contributed by atoms with E-state index in [1.165, 1.54) is 0 Å². The first-order valence-electron chi connectivity index (χ1n) is 8.29. The maximum absolute atomic E-state index is 12.4. The van der Waals surface area contributed by atoms with Gasteiger partial charge in [-0.15, -0.1) is 0 Å². The van der Waals surface area contributed by atoms with Crippen LogP contribution in [0.25, 0.3) is 0 Å². The average Bonchev–Trinajstić information content (AvgIpc) is 2.74. The third-order valence-electron chi connectivity index (χ3n) is 4.22. The van der Waals surface area contributed by atoms with Gasteiger partial charge in [0.15, 0.2) is 0 Å². The summed E-state index contributed by atoms with van der Waals surface area (Å²) in [4.78, 5) is 25.8. The third-order valence-corrected chi connectivity index (χ3v) is 4.22. The van der Waals surface area contributed by atoms with Crippen molar-refractivity contribution in [3.05, 3.63) is 0 Å². The SMILES string of the molecule is CC(C)(C)OC(=O)N(CC1[C@H]2CC(O)C[C@@H]12)C(=O)OC(C)(C)C. The molecule has 0 aromatic carbocycles. The van der Waals surface area contributed by atoms with E-state index in [1.807, 2.05) is 0 Å². The summed E-state index contributed by atoms with van der Waals surface area (Å²) in [5, 5.41) is 9.61. The predicted octanol–water partition coefficient (Wildman–Crippen LogP) is 3.18. The summed E-state index contributed by atoms with van der Waals surface area (Å²) in [6.45, 7) is 10.9. The molecule has 0 saturated heterocycles. The first kappa shape index (κ1) is 18.0. The van der Waals surface area contributed by atoms with Crippen molar-refractivity contribution in [1.82, 2.24) is 4.90 Å². The van der Waals surface area contributed by atoms with E-state index in [2.05, 4.69) is 0 Å². The van der Waals surface area contributed by atoms with Crippen LogP contribution in [0.3, 0.4) is 0 Å². The molecule has 132 valence electrons. The fourth-order valence-electron chi connectivity index (χ4n) is 3.29. The van der Waals surface area contributed by atoms with Crippen LogP contribution in [0.5, 0.6) is 0 Å². The molecule has 2 saturated carbocycles. The van der Waals surface area contributed by atoms with E-state index in [1.54, 1.807) is 41.5 Å². The molecule has 0 spiro atoms. The zero-order valence-electron chi connectivity index (χ0n) is 15.0. The Morgan fingerprint density at radius 3 is 1.70 bits per heavy atom. The van der Waals surface area contributed by atoms with Crippen LogP contribution in [0.1, 0.15) is 54.4 Å². The van der Waals surface area contributed by atoms with Gasteiger partial charge in [0.1, 0.15) is 11.2 Å². The molecule has 0 aliphatic heterocycles. The fraction of sp³-hybridized carbons (Fsp3) is 0.882. The molecule has 2 amide bonds. The Balaban J connectivity index is 2.03. The Bertz CT molecular complexity index is 436. The number of ether oxygens (including phenoxy) is 2. The zero-order valence-corrected chi connectivity index (χ0v) is 15.0. The van der Waals surface area contributed by atoms with Crippen molar-refractivity contribution in [2.24, 2.45) is 17.8 Å². The van der Waals surface area contributed by atoms with Gasteiger partial charge >= 0.3 is 12.2 Å². The molecule has 2 unspecified atom stereocenters. The van der Waals surface area contributed by atoms with Crippen LogP contribution >= 0.6 is 0 Å². The number of aliphatic hydroxyl groups is 1. The minimum Gasteiger partial charge on any atom is -0.443 e. The van der Waals surface area contributed by atoms with Crippen molar-refractivity contribution in [3.8, 4) is 0 Å². The van der Waals surface area contributed by atoms with Gasteiger partial charge in [-0.3, -0.25) is 0 Å². The van der Waals surface area contributed by atoms with Gasteiger partial charge in [-0.1, -0.05) is 0 Å². The van der Waals surface area contributed by atoms with Crippen LogP contribution in [0.4, 0.5) is 9.59 Å². The van der Waals surface area contributed by atoms with Crippen molar-refractivity contribution >= 4 is 12.2 Å². The molecule has 0 aromatic heterocycles. The van der Waals surface area contributed by atoms with Crippen molar-refractivity contribution in [3.63, 3.8) is 0 Å². The molecule has 6 heteroatoms. The van der Waals surface area contributed by atoms with Gasteiger partial charge in [0, 0.05) is 6.54 Å². The molecule has 0 bridgehead atoms. The van der Waals surface area contributed by atoms with Gasteiger partial charge in [0.05, 0.1) is 6.10 Å². The van der Waals surface area contributed by atoms with E-state index < -0.39 is 23.4 Å². The Labute approximate surface area is 138 Å². The highest BCUT2D eigenvalue weighted by atomic mass is 16.6. The van der Waals surface area contributed by atoms with E-state index in [0.717, 1.165) is 17.7 Å². The number of imide groups is 1. The molecule has 2 aliphatic carbocycles. The molecule has 0 radical (unpaired) electrons. The number of carbonyl (C=O) groups excluding carboxylic acids is 2. The van der Waals surface area contributed by atoms with Crippen molar-refractivity contribution in [1.29, 1.82) is 0 Å². The summed E-state index contributed by atoms with van der Waals surface area (Å²) in [5.74, 6) is 1.05. The number of fused-ring (bicyclic) bond motifs is 1. The van der Waals surface area contributed by atoms with Gasteiger partial charge in [-0.05, 0) is 72.1 Å². The lowest BCUT2D eigenvalue weighted by molar-refractivity contribution is -0.000293. The van der Waals surface area contributed by atoms with E-state index >= 15 is 0 Å². The zero-order chi connectivity index (χ0) is 17.6. The predicted molar refractivity (Wildman–Crippen MR) is 84.9 cm³/mol. The number of hydrogen-bond acceptors (Lipinski definition) is 5. The first-order chi connectivity index (χ1) is 10.4. The molecular weight excluding hydrogens is 298 g/mol. The maximum atomic E-state index is 12.4. The standard InChI is InChI=1S/C17H29NO5/c1-16(2,3)22-14(20)18(15(21)23-17(4,5)6)9-13-11-7-10(19)8-12(11)13/h10-13,19H,7-9H2,1-6H3/t10?,11-,12+,13?. The maximum Gasteiger partial charge on any atom is 0.419 e. The van der Waals surface area contributed by atoms with Gasteiger partial charge in [-0.2, -0.15) is 0 Å². The van der Waals surface area contributed by atoms with E-state index in [4.69, 9.17) is 9.47 Å². The van der Waals surface area contributed by atoms with Gasteiger partial charge < -0.3 is 14.6 Å². The van der Waals surface area contributed by atoms with Gasteiger partial charge in [-0.25, -0.2) is 14.5 Å². The van der Waals surface area contributed by atoms with Crippen molar-refractivity contribution in [2.75, 3.05) is 6.54 Å². The normalized spacial score (nSPS) is 29.7. The van der Waals surface area contributed by atoms with Crippen LogP contribution in [0, 0.1) is 17.8 Å². The first-order valence-corrected chi connectivity index (χ1v) is 8.29. The Morgan fingerprint density at radius 1 is 0.957 bits per heavy atom. The molecule has 23 heavy (non-hydrogen) atoms. The smallest absolute Gasteiger partial charge is 0.419 e. The molecule has 2 rings (SSSR count). The number of amides is 2. The molecule has 6 nitrogen and oxygen atoms in total. The highest BCUT2D eigenvalue weighted by Gasteiger charge is 2.57. The average molecular weight is 327 g/mol. The lowest BCUT2D eigenvalue weighted by atomic mass is 10.1. The summed E-state index contributed by atoms with van der Waals surface area (Å²) >= 11 is 0.